The average Bonchev–Trinajstić information content (AvgIpc) is 2.96. The summed E-state index contributed by atoms with van der Waals surface area (Å²) in [6.45, 7) is 0. The standard InChI is InChI=1S/C19H16ClN3O2S/c1-21-19(25)23-13-6-4-5-12(11-13)22-17(24)10-9-16-18(20)14-7-2-3-8-15(14)26-16/h2-11H,1H3,(H,22,24)(H2,21,23,25)/b10-9+. The molecule has 3 N–H and O–H groups in total. The van der Waals surface area contributed by atoms with E-state index in [1.807, 2.05) is 24.3 Å². The monoisotopic (exact) mass is 385 g/mol. The lowest BCUT2D eigenvalue weighted by atomic mass is 10.2. The minimum absolute atomic E-state index is 0.282. The van der Waals surface area contributed by atoms with E-state index in [0.29, 0.717) is 16.4 Å². The number of nitrogens with one attached hydrogen (secondary N) is 3. The summed E-state index contributed by atoms with van der Waals surface area (Å²) in [5.41, 5.74) is 1.16. The van der Waals surface area contributed by atoms with Crippen molar-refractivity contribution >= 4 is 62.4 Å². The maximum atomic E-state index is 12.2. The Morgan fingerprint density at radius 1 is 1.04 bits per heavy atom. The van der Waals surface area contributed by atoms with Crippen LogP contribution >= 0.6 is 22.9 Å². The van der Waals surface area contributed by atoms with Crippen LogP contribution in [0.2, 0.25) is 5.02 Å². The predicted molar refractivity (Wildman–Crippen MR) is 109 cm³/mol. The number of amides is 3. The molecule has 132 valence electrons. The fraction of sp³-hybridized carbons (Fsp3) is 0.0526. The molecule has 0 radical (unpaired) electrons. The van der Waals surface area contributed by atoms with Crippen molar-refractivity contribution in [3.05, 3.63) is 64.5 Å². The highest BCUT2D eigenvalue weighted by molar-refractivity contribution is 7.20. The molecule has 5 nitrogen and oxygen atoms in total. The fourth-order valence-electron chi connectivity index (χ4n) is 2.34. The molecule has 0 aliphatic carbocycles. The first-order valence-electron chi connectivity index (χ1n) is 7.81. The highest BCUT2D eigenvalue weighted by atomic mass is 35.5. The molecule has 26 heavy (non-hydrogen) atoms. The number of benzene rings is 2. The molecule has 0 bridgehead atoms. The summed E-state index contributed by atoms with van der Waals surface area (Å²) in [6, 6.07) is 14.4. The molecule has 0 atom stereocenters. The predicted octanol–water partition coefficient (Wildman–Crippen LogP) is 4.96. The summed E-state index contributed by atoms with van der Waals surface area (Å²) in [5, 5.41) is 9.50. The quantitative estimate of drug-likeness (QED) is 0.555. The van der Waals surface area contributed by atoms with E-state index in [4.69, 9.17) is 11.6 Å². The van der Waals surface area contributed by atoms with Crippen LogP contribution < -0.4 is 16.0 Å². The third kappa shape index (κ3) is 4.22. The van der Waals surface area contributed by atoms with Gasteiger partial charge >= 0.3 is 6.03 Å². The summed E-state index contributed by atoms with van der Waals surface area (Å²) >= 11 is 7.90. The van der Waals surface area contributed by atoms with Gasteiger partial charge in [0.2, 0.25) is 5.91 Å². The van der Waals surface area contributed by atoms with Gasteiger partial charge in [-0.25, -0.2) is 4.79 Å². The molecule has 1 heterocycles. The van der Waals surface area contributed by atoms with Crippen LogP contribution in [-0.4, -0.2) is 19.0 Å². The van der Waals surface area contributed by atoms with Crippen molar-refractivity contribution in [1.29, 1.82) is 0 Å². The van der Waals surface area contributed by atoms with E-state index in [-0.39, 0.29) is 11.9 Å². The Bertz CT molecular complexity index is 997. The first kappa shape index (κ1) is 18.0. The molecule has 0 aliphatic heterocycles. The normalized spacial score (nSPS) is 10.8. The summed E-state index contributed by atoms with van der Waals surface area (Å²) in [6.07, 6.45) is 3.14. The van der Waals surface area contributed by atoms with Gasteiger partial charge in [0.15, 0.2) is 0 Å². The third-order valence-electron chi connectivity index (χ3n) is 3.56. The zero-order chi connectivity index (χ0) is 18.5. The Morgan fingerprint density at radius 2 is 1.77 bits per heavy atom. The van der Waals surface area contributed by atoms with Gasteiger partial charge in [0.25, 0.3) is 0 Å². The first-order chi connectivity index (χ1) is 12.6. The van der Waals surface area contributed by atoms with Gasteiger partial charge in [0, 0.05) is 39.5 Å². The molecular formula is C19H16ClN3O2S. The second-order valence-electron chi connectivity index (χ2n) is 5.38. The van der Waals surface area contributed by atoms with E-state index in [0.717, 1.165) is 15.0 Å². The lowest BCUT2D eigenvalue weighted by Gasteiger charge is -2.07. The topological polar surface area (TPSA) is 70.2 Å². The molecule has 0 unspecified atom stereocenters. The molecular weight excluding hydrogens is 370 g/mol. The molecule has 0 saturated carbocycles. The summed E-state index contributed by atoms with van der Waals surface area (Å²) in [7, 11) is 1.53. The van der Waals surface area contributed by atoms with E-state index >= 15 is 0 Å². The van der Waals surface area contributed by atoms with Gasteiger partial charge in [0.1, 0.15) is 0 Å². The van der Waals surface area contributed by atoms with E-state index in [9.17, 15) is 9.59 Å². The number of hydrogen-bond acceptors (Lipinski definition) is 3. The third-order valence-corrected chi connectivity index (χ3v) is 5.22. The van der Waals surface area contributed by atoms with Crippen LogP contribution in [0.3, 0.4) is 0 Å². The second-order valence-corrected chi connectivity index (χ2v) is 6.85. The largest absolute Gasteiger partial charge is 0.341 e. The Balaban J connectivity index is 1.70. The number of anilines is 2. The van der Waals surface area contributed by atoms with Crippen molar-refractivity contribution in [2.24, 2.45) is 0 Å². The number of fused-ring (bicyclic) bond motifs is 1. The number of thiophene rings is 1. The number of carbonyl (C=O) groups excluding carboxylic acids is 2. The molecule has 2 aromatic carbocycles. The van der Waals surface area contributed by atoms with Gasteiger partial charge in [-0.3, -0.25) is 4.79 Å². The van der Waals surface area contributed by atoms with Gasteiger partial charge in [-0.05, 0) is 30.3 Å². The van der Waals surface area contributed by atoms with Gasteiger partial charge in [0.05, 0.1) is 5.02 Å². The summed E-state index contributed by atoms with van der Waals surface area (Å²) in [5.74, 6) is -0.282. The van der Waals surface area contributed by atoms with Crippen molar-refractivity contribution in [2.75, 3.05) is 17.7 Å². The van der Waals surface area contributed by atoms with E-state index in [1.165, 1.54) is 24.5 Å². The van der Waals surface area contributed by atoms with E-state index < -0.39 is 0 Å². The van der Waals surface area contributed by atoms with Crippen molar-refractivity contribution in [2.45, 2.75) is 0 Å². The Hall–Kier alpha value is -2.83. The van der Waals surface area contributed by atoms with Crippen LogP contribution in [0.1, 0.15) is 4.88 Å². The summed E-state index contributed by atoms with van der Waals surface area (Å²) < 4.78 is 1.07. The van der Waals surface area contributed by atoms with Crippen LogP contribution in [0.25, 0.3) is 16.2 Å². The highest BCUT2D eigenvalue weighted by Gasteiger charge is 2.08. The van der Waals surface area contributed by atoms with Crippen LogP contribution in [0.15, 0.2) is 54.6 Å². The van der Waals surface area contributed by atoms with Gasteiger partial charge in [-0.15, -0.1) is 11.3 Å². The zero-order valence-corrected chi connectivity index (χ0v) is 15.4. The van der Waals surface area contributed by atoms with Crippen LogP contribution in [-0.2, 0) is 4.79 Å². The fourth-order valence-corrected chi connectivity index (χ4v) is 3.74. The van der Waals surface area contributed by atoms with E-state index in [2.05, 4.69) is 16.0 Å². The number of rotatable bonds is 4. The lowest BCUT2D eigenvalue weighted by molar-refractivity contribution is -0.111. The molecule has 0 spiro atoms. The second kappa shape index (κ2) is 8.03. The van der Waals surface area contributed by atoms with Crippen LogP contribution in [0.4, 0.5) is 16.2 Å². The van der Waals surface area contributed by atoms with Crippen LogP contribution in [0, 0.1) is 0 Å². The number of urea groups is 1. The van der Waals surface area contributed by atoms with E-state index in [1.54, 1.807) is 30.3 Å². The van der Waals surface area contributed by atoms with Gasteiger partial charge in [-0.1, -0.05) is 35.9 Å². The SMILES string of the molecule is CNC(=O)Nc1cccc(NC(=O)/C=C/c2sc3ccccc3c2Cl)c1. The molecule has 0 fully saturated rings. The van der Waals surface area contributed by atoms with Gasteiger partial charge in [-0.2, -0.15) is 0 Å². The number of carbonyl (C=O) groups is 2. The highest BCUT2D eigenvalue weighted by Crippen LogP contribution is 2.35. The smallest absolute Gasteiger partial charge is 0.318 e. The molecule has 0 aliphatic rings. The number of hydrogen-bond donors (Lipinski definition) is 3. The first-order valence-corrected chi connectivity index (χ1v) is 9.01. The number of halogens is 1. The Labute approximate surface area is 159 Å². The summed E-state index contributed by atoms with van der Waals surface area (Å²) in [4.78, 5) is 24.3. The molecule has 3 aromatic rings. The maximum absolute atomic E-state index is 12.2. The van der Waals surface area contributed by atoms with Crippen molar-refractivity contribution in [1.82, 2.24) is 5.32 Å². The Morgan fingerprint density at radius 3 is 2.50 bits per heavy atom. The molecule has 3 amide bonds. The minimum Gasteiger partial charge on any atom is -0.341 e. The van der Waals surface area contributed by atoms with Crippen molar-refractivity contribution in [3.8, 4) is 0 Å². The molecule has 0 saturated heterocycles. The van der Waals surface area contributed by atoms with Crippen molar-refractivity contribution in [3.63, 3.8) is 0 Å². The zero-order valence-electron chi connectivity index (χ0n) is 13.9. The van der Waals surface area contributed by atoms with Crippen LogP contribution in [0.5, 0.6) is 0 Å². The maximum Gasteiger partial charge on any atom is 0.318 e. The lowest BCUT2D eigenvalue weighted by Crippen LogP contribution is -2.24. The Kier molecular flexibility index (Phi) is 5.55. The van der Waals surface area contributed by atoms with Gasteiger partial charge < -0.3 is 16.0 Å². The molecule has 3 rings (SSSR count). The average molecular weight is 386 g/mol. The molecule has 1 aromatic heterocycles. The van der Waals surface area contributed by atoms with Crippen molar-refractivity contribution < 1.29 is 9.59 Å². The minimum atomic E-state index is -0.326. The molecule has 7 heteroatoms.